The fourth-order valence-corrected chi connectivity index (χ4v) is 4.74. The van der Waals surface area contributed by atoms with Gasteiger partial charge >= 0.3 is 5.97 Å². The maximum absolute atomic E-state index is 11.7. The summed E-state index contributed by atoms with van der Waals surface area (Å²) in [5.74, 6) is -0.643. The Kier molecular flexibility index (Phi) is 3.01. The van der Waals surface area contributed by atoms with Crippen LogP contribution in [0.15, 0.2) is 12.2 Å². The molecule has 1 aliphatic heterocycles. The monoisotopic (exact) mass is 282 g/mol. The van der Waals surface area contributed by atoms with Crippen LogP contribution in [0.1, 0.15) is 26.7 Å². The predicted octanol–water partition coefficient (Wildman–Crippen LogP) is 0.233. The number of fused-ring (bicyclic) bond motifs is 2. The van der Waals surface area contributed by atoms with Crippen molar-refractivity contribution in [1.29, 1.82) is 0 Å². The van der Waals surface area contributed by atoms with Crippen LogP contribution in [0.4, 0.5) is 0 Å². The van der Waals surface area contributed by atoms with Crippen LogP contribution in [-0.2, 0) is 9.53 Å². The van der Waals surface area contributed by atoms with Gasteiger partial charge in [-0.15, -0.1) is 0 Å². The van der Waals surface area contributed by atoms with Gasteiger partial charge in [-0.3, -0.25) is 0 Å². The van der Waals surface area contributed by atoms with Gasteiger partial charge in [-0.1, -0.05) is 20.4 Å². The van der Waals surface area contributed by atoms with E-state index in [4.69, 9.17) is 4.74 Å². The highest BCUT2D eigenvalue weighted by atomic mass is 16.6. The Morgan fingerprint density at radius 3 is 2.60 bits per heavy atom. The minimum absolute atomic E-state index is 0.0514. The zero-order valence-corrected chi connectivity index (χ0v) is 11.8. The number of aliphatic hydroxyl groups is 3. The summed E-state index contributed by atoms with van der Waals surface area (Å²) in [6, 6.07) is 0. The van der Waals surface area contributed by atoms with Crippen LogP contribution in [0.3, 0.4) is 0 Å². The van der Waals surface area contributed by atoms with Crippen molar-refractivity contribution in [1.82, 2.24) is 0 Å². The van der Waals surface area contributed by atoms with E-state index in [0.29, 0.717) is 18.4 Å². The molecule has 0 unspecified atom stereocenters. The summed E-state index contributed by atoms with van der Waals surface area (Å²) in [5, 5.41) is 30.6. The minimum Gasteiger partial charge on any atom is -0.458 e. The fraction of sp³-hybridized carbons (Fsp3) is 0.800. The van der Waals surface area contributed by atoms with E-state index in [1.54, 1.807) is 0 Å². The number of ether oxygens (including phenoxy) is 1. The Bertz CT molecular complexity index is 461. The zero-order chi connectivity index (χ0) is 14.8. The molecule has 2 aliphatic carbocycles. The molecule has 112 valence electrons. The van der Waals surface area contributed by atoms with Gasteiger partial charge in [0.15, 0.2) is 0 Å². The topological polar surface area (TPSA) is 87.0 Å². The highest BCUT2D eigenvalue weighted by Crippen LogP contribution is 2.56. The van der Waals surface area contributed by atoms with Crippen molar-refractivity contribution in [2.45, 2.75) is 51.1 Å². The largest absolute Gasteiger partial charge is 0.458 e. The molecule has 3 aliphatic rings. The molecule has 5 heteroatoms. The van der Waals surface area contributed by atoms with Gasteiger partial charge in [0.1, 0.15) is 12.2 Å². The van der Waals surface area contributed by atoms with Gasteiger partial charge in [0.05, 0.1) is 12.2 Å². The quantitative estimate of drug-likeness (QED) is 0.437. The van der Waals surface area contributed by atoms with E-state index in [2.05, 4.69) is 6.58 Å². The second-order valence-electron chi connectivity index (χ2n) is 6.95. The molecule has 0 radical (unpaired) electrons. The van der Waals surface area contributed by atoms with Gasteiger partial charge in [-0.2, -0.15) is 0 Å². The number of carbonyl (C=O) groups is 1. The molecule has 0 bridgehead atoms. The normalized spacial score (nSPS) is 55.1. The van der Waals surface area contributed by atoms with Crippen molar-refractivity contribution in [3.8, 4) is 0 Å². The Balaban J connectivity index is 2.00. The molecule has 0 spiro atoms. The van der Waals surface area contributed by atoms with Gasteiger partial charge in [0.2, 0.25) is 0 Å². The predicted molar refractivity (Wildman–Crippen MR) is 70.5 cm³/mol. The van der Waals surface area contributed by atoms with Crippen molar-refractivity contribution in [2.75, 3.05) is 0 Å². The van der Waals surface area contributed by atoms with E-state index in [1.165, 1.54) is 0 Å². The summed E-state index contributed by atoms with van der Waals surface area (Å²) in [6.07, 6.45) is -2.14. The van der Waals surface area contributed by atoms with Gasteiger partial charge in [-0.25, -0.2) is 4.79 Å². The molecular weight excluding hydrogens is 260 g/mol. The standard InChI is InChI=1S/C15H22O5/c1-6-4-9-8(7(2)14(19)20-9)5-15(3)10(6)11(16)12(17)13(15)18/h6,8-13,16-18H,2,4-5H2,1,3H3/t6-,8+,9-,10+,11+,12+,13+,15-/m1/s1. The second kappa shape index (κ2) is 4.29. The molecule has 3 fully saturated rings. The molecule has 0 aromatic carbocycles. The third-order valence-corrected chi connectivity index (χ3v) is 5.77. The maximum atomic E-state index is 11.7. The third-order valence-electron chi connectivity index (χ3n) is 5.77. The SMILES string of the molecule is C=C1C(=O)O[C@@H]2C[C@@H](C)[C@H]3[C@H](O)[C@H](O)[C@H](O)[C@]3(C)C[C@@H]12. The highest BCUT2D eigenvalue weighted by molar-refractivity contribution is 5.90. The van der Waals surface area contributed by atoms with Gasteiger partial charge in [0.25, 0.3) is 0 Å². The van der Waals surface area contributed by atoms with Crippen LogP contribution in [-0.4, -0.2) is 45.7 Å². The van der Waals surface area contributed by atoms with E-state index in [-0.39, 0.29) is 29.8 Å². The van der Waals surface area contributed by atoms with E-state index >= 15 is 0 Å². The lowest BCUT2D eigenvalue weighted by molar-refractivity contribution is -0.139. The Hall–Kier alpha value is -0.910. The van der Waals surface area contributed by atoms with Crippen LogP contribution in [0, 0.1) is 23.2 Å². The smallest absolute Gasteiger partial charge is 0.334 e. The molecule has 2 saturated carbocycles. The molecule has 0 aromatic heterocycles. The Labute approximate surface area is 118 Å². The first-order valence-corrected chi connectivity index (χ1v) is 7.21. The number of esters is 1. The summed E-state index contributed by atoms with van der Waals surface area (Å²) in [5.41, 5.74) is -0.179. The van der Waals surface area contributed by atoms with E-state index in [0.717, 1.165) is 0 Å². The number of hydrogen-bond acceptors (Lipinski definition) is 5. The van der Waals surface area contributed by atoms with Crippen molar-refractivity contribution < 1.29 is 24.9 Å². The second-order valence-corrected chi connectivity index (χ2v) is 6.95. The van der Waals surface area contributed by atoms with Crippen molar-refractivity contribution in [3.05, 3.63) is 12.2 Å². The Morgan fingerprint density at radius 1 is 1.30 bits per heavy atom. The first kappa shape index (κ1) is 14.0. The molecule has 20 heavy (non-hydrogen) atoms. The summed E-state index contributed by atoms with van der Waals surface area (Å²) in [6.45, 7) is 7.68. The number of hydrogen-bond donors (Lipinski definition) is 3. The van der Waals surface area contributed by atoms with Gasteiger partial charge in [-0.05, 0) is 24.7 Å². The molecule has 8 atom stereocenters. The third kappa shape index (κ3) is 1.63. The van der Waals surface area contributed by atoms with Gasteiger partial charge < -0.3 is 20.1 Å². The molecule has 0 amide bonds. The zero-order valence-electron chi connectivity index (χ0n) is 11.8. The first-order chi connectivity index (χ1) is 9.27. The summed E-state index contributed by atoms with van der Waals surface area (Å²) in [7, 11) is 0. The molecule has 1 heterocycles. The van der Waals surface area contributed by atoms with Crippen LogP contribution < -0.4 is 0 Å². The van der Waals surface area contributed by atoms with Crippen LogP contribution in [0.2, 0.25) is 0 Å². The molecule has 5 nitrogen and oxygen atoms in total. The average Bonchev–Trinajstić information content (AvgIpc) is 2.66. The van der Waals surface area contributed by atoms with E-state index in [1.807, 2.05) is 13.8 Å². The first-order valence-electron chi connectivity index (χ1n) is 7.21. The molecular formula is C15H22O5. The van der Waals surface area contributed by atoms with E-state index < -0.39 is 23.7 Å². The molecule has 0 aromatic rings. The van der Waals surface area contributed by atoms with Crippen LogP contribution in [0.5, 0.6) is 0 Å². The number of aliphatic hydroxyl groups excluding tert-OH is 3. The molecule has 1 saturated heterocycles. The number of rotatable bonds is 0. The van der Waals surface area contributed by atoms with E-state index in [9.17, 15) is 20.1 Å². The maximum Gasteiger partial charge on any atom is 0.334 e. The fourth-order valence-electron chi connectivity index (χ4n) is 4.74. The summed E-state index contributed by atoms with van der Waals surface area (Å²) >= 11 is 0. The van der Waals surface area contributed by atoms with Crippen LogP contribution >= 0.6 is 0 Å². The average molecular weight is 282 g/mol. The molecule has 3 rings (SSSR count). The summed E-state index contributed by atoms with van der Waals surface area (Å²) in [4.78, 5) is 11.7. The van der Waals surface area contributed by atoms with Crippen molar-refractivity contribution >= 4 is 5.97 Å². The van der Waals surface area contributed by atoms with Crippen molar-refractivity contribution in [2.24, 2.45) is 23.2 Å². The lowest BCUT2D eigenvalue weighted by Crippen LogP contribution is -2.38. The molecule has 3 N–H and O–H groups in total. The lowest BCUT2D eigenvalue weighted by atomic mass is 9.69. The summed E-state index contributed by atoms with van der Waals surface area (Å²) < 4.78 is 5.37. The number of carbonyl (C=O) groups excluding carboxylic acids is 1. The van der Waals surface area contributed by atoms with Crippen molar-refractivity contribution in [3.63, 3.8) is 0 Å². The Morgan fingerprint density at radius 2 is 1.95 bits per heavy atom. The minimum atomic E-state index is -1.13. The lowest BCUT2D eigenvalue weighted by Gasteiger charge is -2.37. The highest BCUT2D eigenvalue weighted by Gasteiger charge is 2.62. The van der Waals surface area contributed by atoms with Crippen LogP contribution in [0.25, 0.3) is 0 Å². The van der Waals surface area contributed by atoms with Gasteiger partial charge in [0, 0.05) is 16.9 Å².